The lowest BCUT2D eigenvalue weighted by molar-refractivity contribution is 0.411. The molecule has 3 nitrogen and oxygen atoms in total. The molecule has 0 saturated carbocycles. The van der Waals surface area contributed by atoms with E-state index in [9.17, 15) is 0 Å². The molecule has 60 valence electrons. The van der Waals surface area contributed by atoms with E-state index in [-0.39, 0.29) is 0 Å². The minimum absolute atomic E-state index is 0.723. The first-order valence-corrected chi connectivity index (χ1v) is 3.74. The van der Waals surface area contributed by atoms with Crippen LogP contribution in [0.2, 0.25) is 0 Å². The average Bonchev–Trinajstić information content (AvgIpc) is 2.59. The maximum atomic E-state index is 4.63. The Bertz CT molecular complexity index is 329. The number of rotatable bonds is 2. The van der Waals surface area contributed by atoms with Gasteiger partial charge in [-0.25, -0.2) is 0 Å². The van der Waals surface area contributed by atoms with Crippen molar-refractivity contribution in [2.75, 3.05) is 0 Å². The molecular formula is C9H8N2O. The molecular weight excluding hydrogens is 152 g/mol. The molecule has 0 atom stereocenters. The summed E-state index contributed by atoms with van der Waals surface area (Å²) >= 11 is 0. The van der Waals surface area contributed by atoms with Crippen LogP contribution in [0.3, 0.4) is 0 Å². The van der Waals surface area contributed by atoms with Crippen molar-refractivity contribution in [1.82, 2.24) is 10.1 Å². The van der Waals surface area contributed by atoms with Gasteiger partial charge >= 0.3 is 0 Å². The van der Waals surface area contributed by atoms with Crippen molar-refractivity contribution in [3.63, 3.8) is 0 Å². The smallest absolute Gasteiger partial charge is 0.213 e. The number of hydrogen-bond donors (Lipinski definition) is 0. The Morgan fingerprint density at radius 3 is 2.67 bits per heavy atom. The molecule has 0 radical (unpaired) electrons. The molecule has 0 N–H and O–H groups in total. The normalized spacial score (nSPS) is 10.0. The van der Waals surface area contributed by atoms with Crippen LogP contribution in [0.15, 0.2) is 41.2 Å². The summed E-state index contributed by atoms with van der Waals surface area (Å²) in [6.45, 7) is 0. The molecule has 3 heteroatoms. The lowest BCUT2D eigenvalue weighted by atomic mass is 10.1. The number of benzene rings is 1. The zero-order valence-corrected chi connectivity index (χ0v) is 6.47. The lowest BCUT2D eigenvalue weighted by Crippen LogP contribution is -1.89. The van der Waals surface area contributed by atoms with Gasteiger partial charge in [0.2, 0.25) is 6.39 Å². The summed E-state index contributed by atoms with van der Waals surface area (Å²) in [5.74, 6) is 0.723. The number of nitrogens with zero attached hydrogens (tertiary/aromatic N) is 2. The van der Waals surface area contributed by atoms with Crippen molar-refractivity contribution in [1.29, 1.82) is 0 Å². The molecule has 0 unspecified atom stereocenters. The van der Waals surface area contributed by atoms with Crippen LogP contribution in [0.4, 0.5) is 0 Å². The van der Waals surface area contributed by atoms with Gasteiger partial charge in [0.05, 0.1) is 0 Å². The molecule has 1 aromatic heterocycles. The molecule has 0 aliphatic carbocycles. The molecule has 1 heterocycles. The molecule has 0 spiro atoms. The Morgan fingerprint density at radius 2 is 2.00 bits per heavy atom. The van der Waals surface area contributed by atoms with E-state index in [0.717, 1.165) is 12.2 Å². The molecule has 0 fully saturated rings. The molecule has 0 aliphatic heterocycles. The van der Waals surface area contributed by atoms with Crippen LogP contribution in [0.25, 0.3) is 0 Å². The fraction of sp³-hybridized carbons (Fsp3) is 0.111. The van der Waals surface area contributed by atoms with Gasteiger partial charge in [0, 0.05) is 6.42 Å². The first-order valence-electron chi connectivity index (χ1n) is 3.74. The van der Waals surface area contributed by atoms with Gasteiger partial charge in [-0.3, -0.25) is 0 Å². The summed E-state index contributed by atoms with van der Waals surface area (Å²) in [7, 11) is 0. The van der Waals surface area contributed by atoms with Crippen molar-refractivity contribution < 1.29 is 4.52 Å². The van der Waals surface area contributed by atoms with Gasteiger partial charge in [-0.15, -0.1) is 0 Å². The van der Waals surface area contributed by atoms with E-state index in [2.05, 4.69) is 14.7 Å². The minimum atomic E-state index is 0.723. The van der Waals surface area contributed by atoms with Gasteiger partial charge in [0.25, 0.3) is 0 Å². The zero-order valence-electron chi connectivity index (χ0n) is 6.47. The molecule has 2 aromatic rings. The SMILES string of the molecule is c1ccc(Cc2ncon2)cc1. The first kappa shape index (κ1) is 7.03. The van der Waals surface area contributed by atoms with Gasteiger partial charge < -0.3 is 4.52 Å². The van der Waals surface area contributed by atoms with Crippen molar-refractivity contribution in [2.45, 2.75) is 6.42 Å². The Morgan fingerprint density at radius 1 is 1.17 bits per heavy atom. The highest BCUT2D eigenvalue weighted by molar-refractivity contribution is 5.17. The summed E-state index contributed by atoms with van der Waals surface area (Å²) in [5, 5.41) is 3.73. The van der Waals surface area contributed by atoms with Crippen LogP contribution in [0, 0.1) is 0 Å². The van der Waals surface area contributed by atoms with E-state index in [0.29, 0.717) is 0 Å². The van der Waals surface area contributed by atoms with E-state index in [1.54, 1.807) is 0 Å². The third kappa shape index (κ3) is 1.50. The van der Waals surface area contributed by atoms with Gasteiger partial charge in [0.15, 0.2) is 5.82 Å². The second-order valence-corrected chi connectivity index (χ2v) is 2.51. The van der Waals surface area contributed by atoms with Gasteiger partial charge in [-0.2, -0.15) is 4.98 Å². The van der Waals surface area contributed by atoms with Crippen molar-refractivity contribution >= 4 is 0 Å². The van der Waals surface area contributed by atoms with Crippen LogP contribution in [0.5, 0.6) is 0 Å². The Hall–Kier alpha value is -1.64. The quantitative estimate of drug-likeness (QED) is 0.670. The molecule has 0 aliphatic rings. The van der Waals surface area contributed by atoms with Crippen molar-refractivity contribution in [3.05, 3.63) is 48.1 Å². The Kier molecular flexibility index (Phi) is 1.86. The van der Waals surface area contributed by atoms with Crippen molar-refractivity contribution in [3.8, 4) is 0 Å². The standard InChI is InChI=1S/C9H8N2O/c1-2-4-8(5-3-1)6-9-10-7-12-11-9/h1-5,7H,6H2. The molecule has 2 rings (SSSR count). The molecule has 0 amide bonds. The van der Waals surface area contributed by atoms with Crippen LogP contribution in [0.1, 0.15) is 11.4 Å². The summed E-state index contributed by atoms with van der Waals surface area (Å²) < 4.78 is 4.63. The second kappa shape index (κ2) is 3.17. The van der Waals surface area contributed by atoms with Crippen LogP contribution < -0.4 is 0 Å². The maximum absolute atomic E-state index is 4.63. The lowest BCUT2D eigenvalue weighted by Gasteiger charge is -1.93. The molecule has 0 saturated heterocycles. The fourth-order valence-electron chi connectivity index (χ4n) is 1.05. The summed E-state index contributed by atoms with van der Waals surface area (Å²) in [6, 6.07) is 10.1. The van der Waals surface area contributed by atoms with Crippen LogP contribution >= 0.6 is 0 Å². The van der Waals surface area contributed by atoms with E-state index >= 15 is 0 Å². The maximum Gasteiger partial charge on any atom is 0.213 e. The zero-order chi connectivity index (χ0) is 8.23. The fourth-order valence-corrected chi connectivity index (χ4v) is 1.05. The van der Waals surface area contributed by atoms with E-state index in [1.807, 2.05) is 30.3 Å². The molecule has 0 bridgehead atoms. The highest BCUT2D eigenvalue weighted by atomic mass is 16.5. The largest absolute Gasteiger partial charge is 0.343 e. The highest BCUT2D eigenvalue weighted by Crippen LogP contribution is 2.03. The van der Waals surface area contributed by atoms with Crippen LogP contribution in [-0.4, -0.2) is 10.1 Å². The minimum Gasteiger partial charge on any atom is -0.343 e. The second-order valence-electron chi connectivity index (χ2n) is 2.51. The predicted molar refractivity (Wildman–Crippen MR) is 43.5 cm³/mol. The summed E-state index contributed by atoms with van der Waals surface area (Å²) in [6.07, 6.45) is 2.08. The average molecular weight is 160 g/mol. The predicted octanol–water partition coefficient (Wildman–Crippen LogP) is 1.66. The van der Waals surface area contributed by atoms with E-state index < -0.39 is 0 Å². The van der Waals surface area contributed by atoms with Gasteiger partial charge in [0.1, 0.15) is 0 Å². The monoisotopic (exact) mass is 160 g/mol. The first-order chi connectivity index (χ1) is 5.95. The summed E-state index contributed by atoms with van der Waals surface area (Å²) in [4.78, 5) is 3.93. The number of aromatic nitrogens is 2. The van der Waals surface area contributed by atoms with E-state index in [4.69, 9.17) is 0 Å². The van der Waals surface area contributed by atoms with E-state index in [1.165, 1.54) is 12.0 Å². The molecule has 1 aromatic carbocycles. The van der Waals surface area contributed by atoms with Gasteiger partial charge in [-0.1, -0.05) is 35.5 Å². The topological polar surface area (TPSA) is 38.9 Å². The third-order valence-electron chi connectivity index (χ3n) is 1.61. The van der Waals surface area contributed by atoms with Crippen LogP contribution in [-0.2, 0) is 6.42 Å². The molecule has 12 heavy (non-hydrogen) atoms. The third-order valence-corrected chi connectivity index (χ3v) is 1.61. The van der Waals surface area contributed by atoms with Crippen molar-refractivity contribution in [2.24, 2.45) is 0 Å². The Labute approximate surface area is 70.0 Å². The Balaban J connectivity index is 2.15. The van der Waals surface area contributed by atoms with Gasteiger partial charge in [-0.05, 0) is 5.56 Å². The highest BCUT2D eigenvalue weighted by Gasteiger charge is 1.98. The number of hydrogen-bond acceptors (Lipinski definition) is 3. The summed E-state index contributed by atoms with van der Waals surface area (Å²) in [5.41, 5.74) is 1.19.